The van der Waals surface area contributed by atoms with Crippen LogP contribution < -0.4 is 5.32 Å². The number of benzene rings is 1. The fraction of sp³-hybridized carbons (Fsp3) is 0.515. The minimum absolute atomic E-state index is 0.00419. The van der Waals surface area contributed by atoms with Gasteiger partial charge in [-0.3, -0.25) is 19.1 Å². The lowest BCUT2D eigenvalue weighted by Gasteiger charge is -2.38. The van der Waals surface area contributed by atoms with E-state index in [1.54, 1.807) is 35.5 Å². The molecule has 4 amide bonds. The number of likely N-dealkylation sites (tertiary alicyclic amines) is 1. The first-order chi connectivity index (χ1) is 24.6. The average Bonchev–Trinajstić information content (AvgIpc) is 3.65. The van der Waals surface area contributed by atoms with Gasteiger partial charge < -0.3 is 29.3 Å². The Morgan fingerprint density at radius 1 is 0.925 bits per heavy atom. The van der Waals surface area contributed by atoms with E-state index in [1.165, 1.54) is 25.2 Å². The molecule has 20 heteroatoms. The number of halogens is 7. The van der Waals surface area contributed by atoms with Gasteiger partial charge in [0.2, 0.25) is 5.91 Å². The fourth-order valence-electron chi connectivity index (χ4n) is 6.10. The number of piperazine rings is 1. The standard InChI is InChI=1S/C33H37ClF6N8O5/c1-31(2,3)53-30(52)47-9-7-19(8-10-47)28(50)45-11-13-46(14-12-45)29(51)21-6-5-20(15-23(21)34)42-27(49)26-41-16-24(44(26)4)22-17-48(18-32(35,36)37)43-25(22)33(38,39)40/h5-6,15-17,19H,7-14,18H2,1-4H3,(H,42,49). The number of hydrogen-bond acceptors (Lipinski definition) is 7. The third-order valence-electron chi connectivity index (χ3n) is 8.67. The summed E-state index contributed by atoms with van der Waals surface area (Å²) in [5, 5.41) is 5.57. The second-order valence-electron chi connectivity index (χ2n) is 13.7. The molecule has 4 heterocycles. The number of aromatic nitrogens is 4. The SMILES string of the molecule is Cn1c(-c2cn(CC(F)(F)F)nc2C(F)(F)F)cnc1C(=O)Nc1ccc(C(=O)N2CCN(C(=O)C3CCN(C(=O)OC(C)(C)C)CC3)CC2)c(Cl)c1. The van der Waals surface area contributed by atoms with Gasteiger partial charge in [0, 0.05) is 64.1 Å². The van der Waals surface area contributed by atoms with Crippen LogP contribution in [0.25, 0.3) is 11.3 Å². The van der Waals surface area contributed by atoms with Crippen molar-refractivity contribution >= 4 is 41.1 Å². The lowest BCUT2D eigenvalue weighted by molar-refractivity contribution is -0.148. The number of alkyl halides is 6. The van der Waals surface area contributed by atoms with E-state index < -0.39 is 53.7 Å². The summed E-state index contributed by atoms with van der Waals surface area (Å²) in [6.45, 7) is 5.55. The highest BCUT2D eigenvalue weighted by Crippen LogP contribution is 2.37. The molecule has 1 aromatic carbocycles. The number of imidazole rings is 1. The van der Waals surface area contributed by atoms with Crippen molar-refractivity contribution in [2.45, 2.75) is 58.1 Å². The molecule has 2 aliphatic rings. The van der Waals surface area contributed by atoms with Crippen LogP contribution in [0, 0.1) is 5.92 Å². The maximum Gasteiger partial charge on any atom is 0.435 e. The number of carbonyl (C=O) groups excluding carboxylic acids is 4. The Balaban J connectivity index is 1.17. The van der Waals surface area contributed by atoms with Gasteiger partial charge in [0.1, 0.15) is 12.1 Å². The monoisotopic (exact) mass is 774 g/mol. The third kappa shape index (κ3) is 9.41. The Hall–Kier alpha value is -4.81. The van der Waals surface area contributed by atoms with Crippen LogP contribution in [0.5, 0.6) is 0 Å². The molecular formula is C33H37ClF6N8O5. The molecule has 0 aliphatic carbocycles. The van der Waals surface area contributed by atoms with Crippen LogP contribution >= 0.6 is 11.6 Å². The summed E-state index contributed by atoms with van der Waals surface area (Å²) < 4.78 is 86.1. The normalized spacial score (nSPS) is 16.2. The second-order valence-corrected chi connectivity index (χ2v) is 14.1. The number of rotatable bonds is 6. The summed E-state index contributed by atoms with van der Waals surface area (Å²) in [7, 11) is 1.22. The van der Waals surface area contributed by atoms with E-state index >= 15 is 0 Å². The van der Waals surface area contributed by atoms with Gasteiger partial charge in [0.25, 0.3) is 11.8 Å². The quantitative estimate of drug-likeness (QED) is 0.318. The Morgan fingerprint density at radius 2 is 1.55 bits per heavy atom. The first-order valence-electron chi connectivity index (χ1n) is 16.5. The first kappa shape index (κ1) is 39.4. The molecule has 13 nitrogen and oxygen atoms in total. The van der Waals surface area contributed by atoms with E-state index in [-0.39, 0.29) is 57.4 Å². The van der Waals surface area contributed by atoms with E-state index in [1.807, 2.05) is 0 Å². The molecule has 0 bridgehead atoms. The molecule has 0 saturated carbocycles. The molecule has 5 rings (SSSR count). The Bertz CT molecular complexity index is 1870. The Kier molecular flexibility index (Phi) is 11.1. The predicted octanol–water partition coefficient (Wildman–Crippen LogP) is 5.70. The van der Waals surface area contributed by atoms with Crippen LogP contribution in [-0.2, 0) is 29.3 Å². The van der Waals surface area contributed by atoms with Crippen molar-refractivity contribution < 1.29 is 50.3 Å². The van der Waals surface area contributed by atoms with Crippen LogP contribution in [0.1, 0.15) is 60.3 Å². The zero-order chi connectivity index (χ0) is 39.0. The summed E-state index contributed by atoms with van der Waals surface area (Å²) in [5.74, 6) is -1.91. The molecule has 2 aromatic heterocycles. The number of hydrogen-bond donors (Lipinski definition) is 1. The number of anilines is 1. The maximum absolute atomic E-state index is 13.7. The lowest BCUT2D eigenvalue weighted by Crippen LogP contribution is -2.53. The molecule has 2 saturated heterocycles. The van der Waals surface area contributed by atoms with Crippen molar-refractivity contribution in [3.8, 4) is 11.3 Å². The van der Waals surface area contributed by atoms with Gasteiger partial charge in [-0.05, 0) is 51.8 Å². The van der Waals surface area contributed by atoms with Crippen molar-refractivity contribution in [1.82, 2.24) is 34.0 Å². The Morgan fingerprint density at radius 3 is 2.11 bits per heavy atom. The molecule has 2 aliphatic heterocycles. The fourth-order valence-corrected chi connectivity index (χ4v) is 6.36. The smallest absolute Gasteiger partial charge is 0.435 e. The van der Waals surface area contributed by atoms with Gasteiger partial charge >= 0.3 is 18.4 Å². The van der Waals surface area contributed by atoms with Gasteiger partial charge in [-0.15, -0.1) is 0 Å². The van der Waals surface area contributed by atoms with E-state index in [0.29, 0.717) is 45.2 Å². The maximum atomic E-state index is 13.7. The first-order valence-corrected chi connectivity index (χ1v) is 16.9. The van der Waals surface area contributed by atoms with Crippen LogP contribution in [-0.4, -0.2) is 109 Å². The van der Waals surface area contributed by atoms with Gasteiger partial charge in [0.15, 0.2) is 11.5 Å². The van der Waals surface area contributed by atoms with E-state index in [9.17, 15) is 45.5 Å². The van der Waals surface area contributed by atoms with Gasteiger partial charge in [-0.25, -0.2) is 9.78 Å². The molecule has 3 aromatic rings. The molecule has 0 atom stereocenters. The van der Waals surface area contributed by atoms with Crippen molar-refractivity contribution in [3.05, 3.63) is 52.7 Å². The van der Waals surface area contributed by atoms with Crippen LogP contribution in [0.4, 0.5) is 36.8 Å². The molecular weight excluding hydrogens is 738 g/mol. The Labute approximate surface area is 304 Å². The van der Waals surface area contributed by atoms with Crippen LogP contribution in [0.2, 0.25) is 5.02 Å². The van der Waals surface area contributed by atoms with Crippen molar-refractivity contribution in [2.75, 3.05) is 44.6 Å². The molecule has 288 valence electrons. The minimum atomic E-state index is -5.09. The van der Waals surface area contributed by atoms with Gasteiger partial charge in [0.05, 0.1) is 28.0 Å². The highest BCUT2D eigenvalue weighted by atomic mass is 35.5. The number of nitrogens with one attached hydrogen (secondary N) is 1. The highest BCUT2D eigenvalue weighted by molar-refractivity contribution is 6.34. The number of nitrogens with zero attached hydrogens (tertiary/aromatic N) is 7. The molecule has 0 unspecified atom stereocenters. The zero-order valence-electron chi connectivity index (χ0n) is 29.1. The van der Waals surface area contributed by atoms with Gasteiger partial charge in [-0.1, -0.05) is 11.6 Å². The van der Waals surface area contributed by atoms with Crippen LogP contribution in [0.3, 0.4) is 0 Å². The van der Waals surface area contributed by atoms with Crippen molar-refractivity contribution in [1.29, 1.82) is 0 Å². The van der Waals surface area contributed by atoms with E-state index in [2.05, 4.69) is 15.4 Å². The number of ether oxygens (including phenoxy) is 1. The van der Waals surface area contributed by atoms with E-state index in [4.69, 9.17) is 16.3 Å². The minimum Gasteiger partial charge on any atom is -0.444 e. The largest absolute Gasteiger partial charge is 0.444 e. The van der Waals surface area contributed by atoms with Crippen LogP contribution in [0.15, 0.2) is 30.6 Å². The highest BCUT2D eigenvalue weighted by Gasteiger charge is 2.40. The van der Waals surface area contributed by atoms with E-state index in [0.717, 1.165) is 10.8 Å². The molecule has 2 fully saturated rings. The lowest BCUT2D eigenvalue weighted by atomic mass is 9.95. The topological polar surface area (TPSA) is 135 Å². The number of carbonyl (C=O) groups is 4. The second kappa shape index (κ2) is 14.9. The molecule has 0 radical (unpaired) electrons. The summed E-state index contributed by atoms with van der Waals surface area (Å²) in [6, 6.07) is 4.10. The average molecular weight is 775 g/mol. The summed E-state index contributed by atoms with van der Waals surface area (Å²) in [6.07, 6.45) is -7.82. The number of amides is 4. The van der Waals surface area contributed by atoms with Gasteiger partial charge in [-0.2, -0.15) is 31.4 Å². The summed E-state index contributed by atoms with van der Waals surface area (Å²) >= 11 is 6.43. The zero-order valence-corrected chi connectivity index (χ0v) is 29.9. The molecule has 0 spiro atoms. The number of piperidine rings is 1. The predicted molar refractivity (Wildman–Crippen MR) is 178 cm³/mol. The van der Waals surface area contributed by atoms with Crippen molar-refractivity contribution in [3.63, 3.8) is 0 Å². The summed E-state index contributed by atoms with van der Waals surface area (Å²) in [5.41, 5.74) is -2.94. The molecule has 1 N–H and O–H groups in total. The third-order valence-corrected chi connectivity index (χ3v) is 8.98. The molecule has 53 heavy (non-hydrogen) atoms. The van der Waals surface area contributed by atoms with Crippen molar-refractivity contribution in [2.24, 2.45) is 13.0 Å². The summed E-state index contributed by atoms with van der Waals surface area (Å²) in [4.78, 5) is 60.7.